The average Bonchev–Trinajstić information content (AvgIpc) is 3.36. The number of benzene rings is 1. The minimum absolute atomic E-state index is 0.0690. The van der Waals surface area contributed by atoms with Gasteiger partial charge in [-0.05, 0) is 68.2 Å². The highest BCUT2D eigenvalue weighted by atomic mass is 32.2. The van der Waals surface area contributed by atoms with Crippen molar-refractivity contribution in [2.24, 2.45) is 0 Å². The summed E-state index contributed by atoms with van der Waals surface area (Å²) in [6.07, 6.45) is 5.00. The fraction of sp³-hybridized carbons (Fsp3) is 0.423. The molecule has 0 unspecified atom stereocenters. The Morgan fingerprint density at radius 3 is 2.51 bits per heavy atom. The number of rotatable bonds is 4. The van der Waals surface area contributed by atoms with Crippen LogP contribution in [0.15, 0.2) is 46.1 Å². The molecular formula is C26H27FN6O3S. The molecule has 3 aromatic heterocycles. The molecule has 1 amide bonds. The average molecular weight is 523 g/mol. The number of pyridine rings is 1. The van der Waals surface area contributed by atoms with Crippen molar-refractivity contribution in [2.45, 2.75) is 56.7 Å². The van der Waals surface area contributed by atoms with Gasteiger partial charge in [-0.1, -0.05) is 12.1 Å². The van der Waals surface area contributed by atoms with Gasteiger partial charge in [0.25, 0.3) is 11.5 Å². The summed E-state index contributed by atoms with van der Waals surface area (Å²) in [4.78, 5) is 51.5. The largest absolute Gasteiger partial charge is 0.347 e. The van der Waals surface area contributed by atoms with E-state index in [2.05, 4.69) is 20.3 Å². The number of carbonyl (C=O) groups is 1. The van der Waals surface area contributed by atoms with Crippen molar-refractivity contribution in [3.05, 3.63) is 69.0 Å². The van der Waals surface area contributed by atoms with Gasteiger partial charge in [-0.15, -0.1) is 0 Å². The molecule has 1 aliphatic heterocycles. The second-order valence-corrected chi connectivity index (χ2v) is 11.0. The predicted octanol–water partition coefficient (Wildman–Crippen LogP) is 3.56. The van der Waals surface area contributed by atoms with E-state index < -0.39 is 11.4 Å². The molecule has 2 N–H and O–H groups in total. The molecule has 4 aromatic rings. The third kappa shape index (κ3) is 4.45. The first kappa shape index (κ1) is 23.9. The van der Waals surface area contributed by atoms with Crippen LogP contribution in [-0.2, 0) is 0 Å². The second-order valence-electron chi connectivity index (χ2n) is 9.78. The number of imidazole rings is 1. The van der Waals surface area contributed by atoms with Crippen LogP contribution in [0.4, 0.5) is 4.39 Å². The molecule has 11 heteroatoms. The number of H-pyrrole nitrogens is 1. The first-order chi connectivity index (χ1) is 18.0. The molecule has 6 rings (SSSR count). The summed E-state index contributed by atoms with van der Waals surface area (Å²) in [6.45, 7) is 0. The zero-order valence-electron chi connectivity index (χ0n) is 20.2. The molecule has 0 radical (unpaired) electrons. The highest BCUT2D eigenvalue weighted by Crippen LogP contribution is 2.30. The van der Waals surface area contributed by atoms with Gasteiger partial charge < -0.3 is 10.3 Å². The van der Waals surface area contributed by atoms with Gasteiger partial charge in [-0.3, -0.25) is 18.7 Å². The lowest BCUT2D eigenvalue weighted by Gasteiger charge is -2.31. The van der Waals surface area contributed by atoms with E-state index in [0.29, 0.717) is 25.7 Å². The summed E-state index contributed by atoms with van der Waals surface area (Å²) >= 11 is 1.84. The molecule has 1 aromatic carbocycles. The van der Waals surface area contributed by atoms with Gasteiger partial charge in [-0.25, -0.2) is 19.2 Å². The van der Waals surface area contributed by atoms with Gasteiger partial charge in [0, 0.05) is 18.1 Å². The first-order valence-electron chi connectivity index (χ1n) is 12.7. The normalized spacial score (nSPS) is 20.9. The minimum Gasteiger partial charge on any atom is -0.347 e. The van der Waals surface area contributed by atoms with Gasteiger partial charge in [0.2, 0.25) is 0 Å². The fourth-order valence-corrected chi connectivity index (χ4v) is 6.67. The standard InChI is InChI=1S/C26H27FN6O3S/c27-15-13-19-23(28-14-15)32(18-9-11-37-12-10-18)26(36)33(25(19)35)17-7-5-16(6-8-17)29-24(34)22-30-20-3-1-2-4-21(20)31-22/h1-4,13-14,16-18H,5-12H2,(H,29,34)(H,30,31)/t16-,17+. The van der Waals surface area contributed by atoms with Crippen LogP contribution in [0.5, 0.6) is 0 Å². The van der Waals surface area contributed by atoms with Crippen molar-refractivity contribution >= 4 is 39.7 Å². The predicted molar refractivity (Wildman–Crippen MR) is 141 cm³/mol. The summed E-state index contributed by atoms with van der Waals surface area (Å²) in [5.41, 5.74) is 0.916. The molecule has 2 fully saturated rings. The van der Waals surface area contributed by atoms with E-state index in [9.17, 15) is 18.8 Å². The number of nitrogens with one attached hydrogen (secondary N) is 2. The minimum atomic E-state index is -0.599. The number of carbonyl (C=O) groups excluding carboxylic acids is 1. The molecular weight excluding hydrogens is 495 g/mol. The van der Waals surface area contributed by atoms with Gasteiger partial charge in [0.1, 0.15) is 11.5 Å². The maximum absolute atomic E-state index is 14.1. The number of aromatic amines is 1. The zero-order valence-corrected chi connectivity index (χ0v) is 21.0. The molecule has 192 valence electrons. The van der Waals surface area contributed by atoms with E-state index in [0.717, 1.165) is 41.6 Å². The van der Waals surface area contributed by atoms with E-state index >= 15 is 0 Å². The molecule has 37 heavy (non-hydrogen) atoms. The van der Waals surface area contributed by atoms with Crippen molar-refractivity contribution in [2.75, 3.05) is 11.5 Å². The molecule has 4 heterocycles. The van der Waals surface area contributed by atoms with Crippen LogP contribution in [0.25, 0.3) is 22.1 Å². The lowest BCUT2D eigenvalue weighted by atomic mass is 9.91. The van der Waals surface area contributed by atoms with E-state index in [4.69, 9.17) is 0 Å². The molecule has 9 nitrogen and oxygen atoms in total. The monoisotopic (exact) mass is 522 g/mol. The quantitative estimate of drug-likeness (QED) is 0.424. The number of fused-ring (bicyclic) bond motifs is 2. The van der Waals surface area contributed by atoms with E-state index in [-0.39, 0.29) is 46.6 Å². The second kappa shape index (κ2) is 9.77. The number of amides is 1. The van der Waals surface area contributed by atoms with Crippen molar-refractivity contribution in [3.8, 4) is 0 Å². The van der Waals surface area contributed by atoms with Crippen molar-refractivity contribution < 1.29 is 9.18 Å². The molecule has 1 saturated heterocycles. The van der Waals surface area contributed by atoms with Crippen molar-refractivity contribution in [3.63, 3.8) is 0 Å². The van der Waals surface area contributed by atoms with Crippen molar-refractivity contribution in [1.29, 1.82) is 0 Å². The zero-order chi connectivity index (χ0) is 25.5. The SMILES string of the molecule is O=C(N[C@H]1CC[C@@H](n2c(=O)c3cc(F)cnc3n(C3CCSCC3)c2=O)CC1)c1nc2ccccc2[nH]1. The summed E-state index contributed by atoms with van der Waals surface area (Å²) in [6, 6.07) is 8.16. The number of para-hydroxylation sites is 2. The number of aromatic nitrogens is 5. The smallest absolute Gasteiger partial charge is 0.333 e. The molecule has 1 saturated carbocycles. The van der Waals surface area contributed by atoms with Gasteiger partial charge in [-0.2, -0.15) is 11.8 Å². The van der Waals surface area contributed by atoms with Crippen LogP contribution in [-0.4, -0.2) is 47.5 Å². The summed E-state index contributed by atoms with van der Waals surface area (Å²) < 4.78 is 17.0. The summed E-state index contributed by atoms with van der Waals surface area (Å²) in [5, 5.41) is 3.17. The number of thioether (sulfide) groups is 1. The van der Waals surface area contributed by atoms with Crippen LogP contribution in [0.2, 0.25) is 0 Å². The van der Waals surface area contributed by atoms with Gasteiger partial charge in [0.05, 0.1) is 22.6 Å². The van der Waals surface area contributed by atoms with E-state index in [1.54, 1.807) is 4.57 Å². The Bertz CT molecular complexity index is 1560. The van der Waals surface area contributed by atoms with Crippen LogP contribution < -0.4 is 16.6 Å². The Hall–Kier alpha value is -3.47. The summed E-state index contributed by atoms with van der Waals surface area (Å²) in [7, 11) is 0. The van der Waals surface area contributed by atoms with Crippen LogP contribution in [0, 0.1) is 5.82 Å². The Morgan fingerprint density at radius 2 is 1.76 bits per heavy atom. The Morgan fingerprint density at radius 1 is 1.03 bits per heavy atom. The highest BCUT2D eigenvalue weighted by molar-refractivity contribution is 7.99. The van der Waals surface area contributed by atoms with Crippen LogP contribution in [0.1, 0.15) is 61.2 Å². The Labute approximate surface area is 215 Å². The fourth-order valence-electron chi connectivity index (χ4n) is 5.59. The topological polar surface area (TPSA) is 115 Å². The molecule has 1 aliphatic carbocycles. The van der Waals surface area contributed by atoms with Crippen molar-refractivity contribution in [1.82, 2.24) is 29.4 Å². The Kier molecular flexibility index (Phi) is 6.31. The highest BCUT2D eigenvalue weighted by Gasteiger charge is 2.30. The number of halogens is 1. The molecule has 2 aliphatic rings. The third-order valence-electron chi connectivity index (χ3n) is 7.48. The van der Waals surface area contributed by atoms with Crippen LogP contribution in [0.3, 0.4) is 0 Å². The van der Waals surface area contributed by atoms with Gasteiger partial charge >= 0.3 is 5.69 Å². The van der Waals surface area contributed by atoms with Gasteiger partial charge in [0.15, 0.2) is 5.82 Å². The molecule has 0 spiro atoms. The maximum atomic E-state index is 14.1. The summed E-state index contributed by atoms with van der Waals surface area (Å²) in [5.74, 6) is 1.24. The van der Waals surface area contributed by atoms with E-state index in [1.807, 2.05) is 36.0 Å². The molecule has 0 atom stereocenters. The first-order valence-corrected chi connectivity index (χ1v) is 13.8. The molecule has 0 bridgehead atoms. The number of hydrogen-bond acceptors (Lipinski definition) is 6. The maximum Gasteiger partial charge on any atom is 0.333 e. The lowest BCUT2D eigenvalue weighted by Crippen LogP contribution is -2.46. The number of nitrogens with zero attached hydrogens (tertiary/aromatic N) is 4. The Balaban J connectivity index is 1.25. The van der Waals surface area contributed by atoms with E-state index in [1.165, 1.54) is 10.6 Å². The lowest BCUT2D eigenvalue weighted by molar-refractivity contribution is 0.0912. The van der Waals surface area contributed by atoms with Crippen LogP contribution >= 0.6 is 11.8 Å². The number of hydrogen-bond donors (Lipinski definition) is 2. The third-order valence-corrected chi connectivity index (χ3v) is 8.53.